The Morgan fingerprint density at radius 2 is 1.60 bits per heavy atom. The third-order valence-corrected chi connectivity index (χ3v) is 6.20. The maximum atomic E-state index is 13.2. The van der Waals surface area contributed by atoms with Crippen LogP contribution in [0.25, 0.3) is 0 Å². The van der Waals surface area contributed by atoms with Crippen LogP contribution in [0.4, 0.5) is 0 Å². The van der Waals surface area contributed by atoms with E-state index in [1.165, 1.54) is 57.2 Å². The third kappa shape index (κ3) is 6.25. The molecule has 160 valence electrons. The molecule has 0 radical (unpaired) electrons. The zero-order valence-corrected chi connectivity index (χ0v) is 18.1. The van der Waals surface area contributed by atoms with E-state index in [0.29, 0.717) is 0 Å². The van der Waals surface area contributed by atoms with E-state index in [9.17, 15) is 22.8 Å². The molecule has 8 heteroatoms. The topological polar surface area (TPSA) is 104 Å². The first-order valence-electron chi connectivity index (χ1n) is 9.29. The summed E-state index contributed by atoms with van der Waals surface area (Å²) in [5.41, 5.74) is 1.05. The summed E-state index contributed by atoms with van der Waals surface area (Å²) in [6, 6.07) is 12.2. The van der Waals surface area contributed by atoms with Crippen molar-refractivity contribution in [3.05, 3.63) is 59.7 Å². The van der Waals surface area contributed by atoms with Gasteiger partial charge in [-0.25, -0.2) is 8.42 Å². The van der Waals surface area contributed by atoms with E-state index in [1.807, 2.05) is 6.92 Å². The van der Waals surface area contributed by atoms with Crippen LogP contribution in [-0.4, -0.2) is 38.0 Å². The highest BCUT2D eigenvalue weighted by Crippen LogP contribution is 2.24. The molecule has 0 fully saturated rings. The minimum atomic E-state index is -3.84. The summed E-state index contributed by atoms with van der Waals surface area (Å²) in [6.45, 7) is 5.73. The molecule has 0 aliphatic carbocycles. The molecule has 30 heavy (non-hydrogen) atoms. The van der Waals surface area contributed by atoms with Crippen molar-refractivity contribution in [3.63, 3.8) is 0 Å². The summed E-state index contributed by atoms with van der Waals surface area (Å²) in [5.74, 6) is -3.23. The predicted octanol–water partition coefficient (Wildman–Crippen LogP) is 3.14. The molecule has 0 saturated heterocycles. The largest absolute Gasteiger partial charge is 0.462 e. The standard InChI is InChI=1S/C22H24O7S/c1-14-8-10-20(11-9-14)30(26,27)13-21(15(2)28-16(3)23)22(25)18-6-5-7-19(12-18)29-17(4)24/h5-12,15,21H,13H2,1-4H3/t15-,21+/m1/s1. The van der Waals surface area contributed by atoms with Crippen LogP contribution >= 0.6 is 0 Å². The Morgan fingerprint density at radius 3 is 2.17 bits per heavy atom. The highest BCUT2D eigenvalue weighted by Gasteiger charge is 2.34. The van der Waals surface area contributed by atoms with Gasteiger partial charge in [0.25, 0.3) is 0 Å². The SMILES string of the molecule is CC(=O)Oc1cccc(C(=O)[C@@H](CS(=O)(=O)c2ccc(C)cc2)[C@@H](C)OC(C)=O)c1. The quantitative estimate of drug-likeness (QED) is 0.358. The second kappa shape index (κ2) is 9.67. The van der Waals surface area contributed by atoms with Crippen LogP contribution in [0.3, 0.4) is 0 Å². The lowest BCUT2D eigenvalue weighted by molar-refractivity contribution is -0.146. The van der Waals surface area contributed by atoms with Crippen LogP contribution in [0.15, 0.2) is 53.4 Å². The molecular formula is C22H24O7S. The number of esters is 2. The van der Waals surface area contributed by atoms with E-state index in [-0.39, 0.29) is 16.2 Å². The molecule has 0 heterocycles. The lowest BCUT2D eigenvalue weighted by Crippen LogP contribution is -2.35. The zero-order chi connectivity index (χ0) is 22.5. The number of benzene rings is 2. The average molecular weight is 432 g/mol. The Balaban J connectivity index is 2.39. The average Bonchev–Trinajstić information content (AvgIpc) is 2.65. The minimum absolute atomic E-state index is 0.0783. The number of carbonyl (C=O) groups excluding carboxylic acids is 3. The number of aryl methyl sites for hydroxylation is 1. The van der Waals surface area contributed by atoms with Gasteiger partial charge in [-0.05, 0) is 38.1 Å². The van der Waals surface area contributed by atoms with Crippen LogP contribution in [0.2, 0.25) is 0 Å². The number of hydrogen-bond acceptors (Lipinski definition) is 7. The van der Waals surface area contributed by atoms with Crippen molar-refractivity contribution in [1.29, 1.82) is 0 Å². The number of rotatable bonds is 8. The van der Waals surface area contributed by atoms with Gasteiger partial charge in [0, 0.05) is 19.4 Å². The van der Waals surface area contributed by atoms with Gasteiger partial charge in [0.1, 0.15) is 11.9 Å². The first-order valence-corrected chi connectivity index (χ1v) is 10.9. The van der Waals surface area contributed by atoms with Gasteiger partial charge in [-0.15, -0.1) is 0 Å². The van der Waals surface area contributed by atoms with Gasteiger partial charge in [0.2, 0.25) is 0 Å². The summed E-state index contributed by atoms with van der Waals surface area (Å²) in [7, 11) is -3.84. The molecule has 2 aromatic rings. The van der Waals surface area contributed by atoms with Crippen LogP contribution < -0.4 is 4.74 Å². The summed E-state index contributed by atoms with van der Waals surface area (Å²) in [4.78, 5) is 35.9. The van der Waals surface area contributed by atoms with Crippen molar-refractivity contribution in [2.24, 2.45) is 5.92 Å². The summed E-state index contributed by atoms with van der Waals surface area (Å²) in [6.07, 6.45) is -0.979. The predicted molar refractivity (Wildman–Crippen MR) is 110 cm³/mol. The van der Waals surface area contributed by atoms with E-state index in [2.05, 4.69) is 0 Å². The van der Waals surface area contributed by atoms with Crippen LogP contribution in [-0.2, 0) is 24.2 Å². The van der Waals surface area contributed by atoms with Crippen molar-refractivity contribution in [2.75, 3.05) is 5.75 Å². The molecular weight excluding hydrogens is 408 g/mol. The Morgan fingerprint density at radius 1 is 0.967 bits per heavy atom. The maximum Gasteiger partial charge on any atom is 0.308 e. The number of sulfone groups is 1. The van der Waals surface area contributed by atoms with E-state index in [4.69, 9.17) is 9.47 Å². The van der Waals surface area contributed by atoms with Crippen LogP contribution in [0, 0.1) is 12.8 Å². The van der Waals surface area contributed by atoms with Gasteiger partial charge < -0.3 is 9.47 Å². The Bertz CT molecular complexity index is 1040. The fourth-order valence-corrected chi connectivity index (χ4v) is 4.58. The van der Waals surface area contributed by atoms with Crippen LogP contribution in [0.1, 0.15) is 36.7 Å². The van der Waals surface area contributed by atoms with Gasteiger partial charge >= 0.3 is 11.9 Å². The molecule has 0 bridgehead atoms. The number of hydrogen-bond donors (Lipinski definition) is 0. The summed E-state index contributed by atoms with van der Waals surface area (Å²) < 4.78 is 36.0. The van der Waals surface area contributed by atoms with Crippen molar-refractivity contribution >= 4 is 27.6 Å². The molecule has 2 aromatic carbocycles. The second-order valence-corrected chi connectivity index (χ2v) is 9.04. The van der Waals surface area contributed by atoms with Crippen molar-refractivity contribution in [1.82, 2.24) is 0 Å². The molecule has 2 rings (SSSR count). The fraction of sp³-hybridized carbons (Fsp3) is 0.318. The number of carbonyl (C=O) groups is 3. The second-order valence-electron chi connectivity index (χ2n) is 7.00. The molecule has 2 atom stereocenters. The van der Waals surface area contributed by atoms with E-state index < -0.39 is 45.3 Å². The Hall–Kier alpha value is -3.00. The number of ether oxygens (including phenoxy) is 2. The number of Topliss-reactive ketones (excluding diaryl/α,β-unsaturated/α-hetero) is 1. The maximum absolute atomic E-state index is 13.2. The lowest BCUT2D eigenvalue weighted by atomic mass is 9.94. The Labute approximate surface area is 175 Å². The Kier molecular flexibility index (Phi) is 7.50. The highest BCUT2D eigenvalue weighted by atomic mass is 32.2. The van der Waals surface area contributed by atoms with E-state index in [0.717, 1.165) is 5.56 Å². The first-order chi connectivity index (χ1) is 14.0. The fourth-order valence-electron chi connectivity index (χ4n) is 2.94. The van der Waals surface area contributed by atoms with E-state index >= 15 is 0 Å². The highest BCUT2D eigenvalue weighted by molar-refractivity contribution is 7.91. The molecule has 0 saturated carbocycles. The third-order valence-electron chi connectivity index (χ3n) is 4.41. The zero-order valence-electron chi connectivity index (χ0n) is 17.2. The van der Waals surface area contributed by atoms with Crippen molar-refractivity contribution in [2.45, 2.75) is 38.7 Å². The molecule has 0 aliphatic rings. The minimum Gasteiger partial charge on any atom is -0.462 e. The first kappa shape index (κ1) is 23.3. The lowest BCUT2D eigenvalue weighted by Gasteiger charge is -2.23. The van der Waals surface area contributed by atoms with Gasteiger partial charge in [-0.2, -0.15) is 0 Å². The smallest absolute Gasteiger partial charge is 0.308 e. The van der Waals surface area contributed by atoms with Gasteiger partial charge in [0.15, 0.2) is 15.6 Å². The van der Waals surface area contributed by atoms with Gasteiger partial charge in [-0.3, -0.25) is 14.4 Å². The molecule has 0 unspecified atom stereocenters. The van der Waals surface area contributed by atoms with Crippen molar-refractivity contribution < 1.29 is 32.3 Å². The summed E-state index contributed by atoms with van der Waals surface area (Å²) >= 11 is 0. The number of ketones is 1. The van der Waals surface area contributed by atoms with E-state index in [1.54, 1.807) is 12.1 Å². The monoisotopic (exact) mass is 432 g/mol. The molecule has 0 aromatic heterocycles. The molecule has 0 spiro atoms. The van der Waals surface area contributed by atoms with Crippen molar-refractivity contribution in [3.8, 4) is 5.75 Å². The summed E-state index contributed by atoms with van der Waals surface area (Å²) in [5, 5.41) is 0. The van der Waals surface area contributed by atoms with Gasteiger partial charge in [-0.1, -0.05) is 29.8 Å². The molecule has 0 N–H and O–H groups in total. The molecule has 0 aliphatic heterocycles. The molecule has 7 nitrogen and oxygen atoms in total. The molecule has 0 amide bonds. The van der Waals surface area contributed by atoms with Crippen LogP contribution in [0.5, 0.6) is 5.75 Å². The van der Waals surface area contributed by atoms with Gasteiger partial charge in [0.05, 0.1) is 16.6 Å². The normalized spacial score (nSPS) is 13.2.